The van der Waals surface area contributed by atoms with Crippen molar-refractivity contribution in [2.45, 2.75) is 25.9 Å². The molecule has 30 heavy (non-hydrogen) atoms. The van der Waals surface area contributed by atoms with Crippen molar-refractivity contribution in [2.24, 2.45) is 0 Å². The first-order chi connectivity index (χ1) is 14.6. The Kier molecular flexibility index (Phi) is 5.90. The number of carbonyl (C=O) groups excluding carboxylic acids is 2. The molecule has 0 aliphatic carbocycles. The quantitative estimate of drug-likeness (QED) is 0.557. The molecule has 1 aliphatic rings. The van der Waals surface area contributed by atoms with Gasteiger partial charge in [0, 0.05) is 11.9 Å². The molecule has 158 valence electrons. The highest BCUT2D eigenvalue weighted by atomic mass is 16.6. The molecule has 4 rings (SSSR count). The van der Waals surface area contributed by atoms with E-state index < -0.39 is 12.1 Å². The van der Waals surface area contributed by atoms with Gasteiger partial charge in [-0.3, -0.25) is 4.90 Å². The summed E-state index contributed by atoms with van der Waals surface area (Å²) in [6.45, 7) is 4.51. The molecule has 0 spiro atoms. The van der Waals surface area contributed by atoms with Gasteiger partial charge in [-0.25, -0.2) is 9.59 Å². The van der Waals surface area contributed by atoms with Crippen LogP contribution in [-0.2, 0) is 14.3 Å². The Balaban J connectivity index is 1.71. The summed E-state index contributed by atoms with van der Waals surface area (Å²) in [6, 6.07) is 11.3. The van der Waals surface area contributed by atoms with E-state index in [1.54, 1.807) is 19.2 Å². The minimum atomic E-state index is -0.711. The fourth-order valence-corrected chi connectivity index (χ4v) is 4.06. The third-order valence-corrected chi connectivity index (χ3v) is 5.46. The summed E-state index contributed by atoms with van der Waals surface area (Å²) >= 11 is 0. The van der Waals surface area contributed by atoms with Gasteiger partial charge < -0.3 is 18.6 Å². The molecule has 7 nitrogen and oxygen atoms in total. The van der Waals surface area contributed by atoms with Crippen LogP contribution >= 0.6 is 0 Å². The molecule has 1 unspecified atom stereocenters. The molecule has 3 heterocycles. The van der Waals surface area contributed by atoms with E-state index >= 15 is 0 Å². The standard InChI is InChI=1S/C23H26N2O5/c1-3-29-23(27)21-17-8-4-5-9-18(17)25-14-16(10-11-19(21)25)30-20(22(26)28-2)15-24-12-6-7-13-24/h4-5,8-11,14,20H,3,6-7,12-13,15H2,1-2H3. The monoisotopic (exact) mass is 410 g/mol. The number of esters is 2. The zero-order valence-corrected chi connectivity index (χ0v) is 17.3. The Hall–Kier alpha value is -3.06. The molecule has 1 aliphatic heterocycles. The highest BCUT2D eigenvalue weighted by molar-refractivity contribution is 6.11. The average Bonchev–Trinajstić information content (AvgIpc) is 3.38. The summed E-state index contributed by atoms with van der Waals surface area (Å²) in [6.07, 6.45) is 3.36. The molecule has 1 aromatic carbocycles. The van der Waals surface area contributed by atoms with Gasteiger partial charge in [-0.15, -0.1) is 0 Å². The van der Waals surface area contributed by atoms with E-state index in [0.29, 0.717) is 24.5 Å². The van der Waals surface area contributed by atoms with Crippen LogP contribution < -0.4 is 4.74 Å². The smallest absolute Gasteiger partial charge is 0.348 e. The van der Waals surface area contributed by atoms with Crippen LogP contribution in [-0.4, -0.2) is 60.7 Å². The Morgan fingerprint density at radius 3 is 2.57 bits per heavy atom. The second kappa shape index (κ2) is 8.75. The number of para-hydroxylation sites is 1. The Morgan fingerprint density at radius 1 is 1.07 bits per heavy atom. The number of aromatic nitrogens is 1. The number of pyridine rings is 1. The summed E-state index contributed by atoms with van der Waals surface area (Å²) in [5.41, 5.74) is 2.13. The van der Waals surface area contributed by atoms with Crippen LogP contribution in [0, 0.1) is 0 Å². The van der Waals surface area contributed by atoms with Crippen molar-refractivity contribution < 1.29 is 23.8 Å². The van der Waals surface area contributed by atoms with Crippen LogP contribution in [0.5, 0.6) is 5.75 Å². The molecule has 0 amide bonds. The van der Waals surface area contributed by atoms with Gasteiger partial charge in [-0.05, 0) is 51.1 Å². The van der Waals surface area contributed by atoms with Crippen LogP contribution in [0.15, 0.2) is 42.6 Å². The lowest BCUT2D eigenvalue weighted by Gasteiger charge is -2.22. The molecule has 3 aromatic rings. The fourth-order valence-electron chi connectivity index (χ4n) is 4.06. The van der Waals surface area contributed by atoms with Gasteiger partial charge in [0.15, 0.2) is 0 Å². The van der Waals surface area contributed by atoms with E-state index in [4.69, 9.17) is 14.2 Å². The maximum Gasteiger partial charge on any atom is 0.348 e. The van der Waals surface area contributed by atoms with Crippen molar-refractivity contribution in [2.75, 3.05) is 33.4 Å². The van der Waals surface area contributed by atoms with Crippen LogP contribution in [0.25, 0.3) is 16.4 Å². The third-order valence-electron chi connectivity index (χ3n) is 5.46. The Labute approximate surface area is 175 Å². The lowest BCUT2D eigenvalue weighted by molar-refractivity contribution is -0.149. The van der Waals surface area contributed by atoms with Gasteiger partial charge in [0.1, 0.15) is 5.75 Å². The molecule has 0 N–H and O–H groups in total. The van der Waals surface area contributed by atoms with Crippen molar-refractivity contribution in [1.82, 2.24) is 9.30 Å². The minimum Gasteiger partial charge on any atom is -0.476 e. The van der Waals surface area contributed by atoms with Crippen LogP contribution in [0.2, 0.25) is 0 Å². The van der Waals surface area contributed by atoms with Gasteiger partial charge in [0.2, 0.25) is 6.10 Å². The fraction of sp³-hybridized carbons (Fsp3) is 0.391. The van der Waals surface area contributed by atoms with Crippen LogP contribution in [0.4, 0.5) is 0 Å². The summed E-state index contributed by atoms with van der Waals surface area (Å²) < 4.78 is 18.2. The number of rotatable bonds is 7. The molecular weight excluding hydrogens is 384 g/mol. The van der Waals surface area contributed by atoms with E-state index in [2.05, 4.69) is 4.90 Å². The molecule has 7 heteroatoms. The van der Waals surface area contributed by atoms with Crippen molar-refractivity contribution in [1.29, 1.82) is 0 Å². The Morgan fingerprint density at radius 2 is 1.83 bits per heavy atom. The Bertz CT molecular complexity index is 1070. The van der Waals surface area contributed by atoms with Gasteiger partial charge in [0.25, 0.3) is 0 Å². The average molecular weight is 410 g/mol. The largest absolute Gasteiger partial charge is 0.476 e. The predicted octanol–water partition coefficient (Wildman–Crippen LogP) is 3.29. The number of hydrogen-bond acceptors (Lipinski definition) is 6. The number of fused-ring (bicyclic) bond motifs is 3. The third kappa shape index (κ3) is 3.85. The van der Waals surface area contributed by atoms with Crippen molar-refractivity contribution in [3.63, 3.8) is 0 Å². The first kappa shape index (κ1) is 20.2. The first-order valence-electron chi connectivity index (χ1n) is 10.3. The predicted molar refractivity (Wildman–Crippen MR) is 113 cm³/mol. The molecule has 2 aromatic heterocycles. The molecule has 1 fully saturated rings. The second-order valence-electron chi connectivity index (χ2n) is 7.37. The highest BCUT2D eigenvalue weighted by Crippen LogP contribution is 2.29. The van der Waals surface area contributed by atoms with Gasteiger partial charge in [0.05, 0.1) is 36.5 Å². The van der Waals surface area contributed by atoms with Crippen molar-refractivity contribution in [3.05, 3.63) is 48.2 Å². The van der Waals surface area contributed by atoms with E-state index in [9.17, 15) is 9.59 Å². The molecule has 1 saturated heterocycles. The summed E-state index contributed by atoms with van der Waals surface area (Å²) in [5, 5.41) is 0.815. The number of nitrogens with zero attached hydrogens (tertiary/aromatic N) is 2. The molecule has 0 bridgehead atoms. The number of ether oxygens (including phenoxy) is 3. The molecule has 0 saturated carbocycles. The summed E-state index contributed by atoms with van der Waals surface area (Å²) in [4.78, 5) is 27.1. The van der Waals surface area contributed by atoms with Crippen LogP contribution in [0.1, 0.15) is 30.1 Å². The lowest BCUT2D eigenvalue weighted by atomic mass is 10.1. The van der Waals surface area contributed by atoms with E-state index in [1.165, 1.54) is 7.11 Å². The zero-order valence-electron chi connectivity index (χ0n) is 17.3. The number of hydrogen-bond donors (Lipinski definition) is 0. The maximum atomic E-state index is 12.6. The lowest BCUT2D eigenvalue weighted by Crippen LogP contribution is -2.40. The van der Waals surface area contributed by atoms with Gasteiger partial charge in [-0.2, -0.15) is 0 Å². The normalized spacial score (nSPS) is 15.4. The van der Waals surface area contributed by atoms with Gasteiger partial charge >= 0.3 is 11.9 Å². The number of likely N-dealkylation sites (tertiary alicyclic amines) is 1. The first-order valence-corrected chi connectivity index (χ1v) is 10.3. The SMILES string of the molecule is CCOC(=O)c1c2ccccc2n2cc(OC(CN3CCCC3)C(=O)OC)ccc12. The summed E-state index contributed by atoms with van der Waals surface area (Å²) in [5.74, 6) is -0.217. The van der Waals surface area contributed by atoms with E-state index in [1.807, 2.05) is 34.7 Å². The molecule has 1 atom stereocenters. The van der Waals surface area contributed by atoms with Crippen molar-refractivity contribution in [3.8, 4) is 5.75 Å². The minimum absolute atomic E-state index is 0.309. The van der Waals surface area contributed by atoms with Crippen LogP contribution in [0.3, 0.4) is 0 Å². The van der Waals surface area contributed by atoms with E-state index in [-0.39, 0.29) is 5.97 Å². The zero-order chi connectivity index (χ0) is 21.1. The van der Waals surface area contributed by atoms with Crippen molar-refractivity contribution >= 4 is 28.4 Å². The number of carbonyl (C=O) groups is 2. The number of benzene rings is 1. The van der Waals surface area contributed by atoms with E-state index in [0.717, 1.165) is 42.4 Å². The molecular formula is C23H26N2O5. The topological polar surface area (TPSA) is 69.5 Å². The highest BCUT2D eigenvalue weighted by Gasteiger charge is 2.27. The summed E-state index contributed by atoms with van der Waals surface area (Å²) in [7, 11) is 1.37. The molecule has 0 radical (unpaired) electrons. The maximum absolute atomic E-state index is 12.6. The second-order valence-corrected chi connectivity index (χ2v) is 7.37. The van der Waals surface area contributed by atoms with Gasteiger partial charge in [-0.1, -0.05) is 18.2 Å². The number of methoxy groups -OCH3 is 1.